The lowest BCUT2D eigenvalue weighted by atomic mass is 10.1. The average Bonchev–Trinajstić information content (AvgIpc) is 2.36. The lowest BCUT2D eigenvalue weighted by Gasteiger charge is -2.38. The Kier molecular flexibility index (Phi) is 5.36. The highest BCUT2D eigenvalue weighted by molar-refractivity contribution is 5.84. The Bertz CT molecular complexity index is 248. The van der Waals surface area contributed by atoms with Crippen molar-refractivity contribution in [2.75, 3.05) is 46.4 Å². The summed E-state index contributed by atoms with van der Waals surface area (Å²) in [7, 11) is 1.58. The number of rotatable bonds is 5. The van der Waals surface area contributed by atoms with Crippen LogP contribution in [-0.2, 0) is 9.53 Å². The maximum Gasteiger partial charge on any atom is 0.254 e. The summed E-state index contributed by atoms with van der Waals surface area (Å²) in [4.78, 5) is 16.4. The average molecular weight is 243 g/mol. The van der Waals surface area contributed by atoms with E-state index in [1.807, 2.05) is 18.7 Å². The van der Waals surface area contributed by atoms with E-state index in [1.165, 1.54) is 0 Å². The van der Waals surface area contributed by atoms with E-state index in [9.17, 15) is 4.79 Å². The molecule has 0 unspecified atom stereocenters. The predicted octanol–water partition coefficient (Wildman–Crippen LogP) is -0.0956. The maximum atomic E-state index is 12.1. The Morgan fingerprint density at radius 1 is 1.29 bits per heavy atom. The van der Waals surface area contributed by atoms with Crippen molar-refractivity contribution in [1.29, 1.82) is 0 Å². The van der Waals surface area contributed by atoms with Crippen LogP contribution in [0.15, 0.2) is 0 Å². The molecular weight excluding hydrogens is 218 g/mol. The van der Waals surface area contributed by atoms with Crippen LogP contribution in [0.1, 0.15) is 20.3 Å². The molecule has 100 valence electrons. The summed E-state index contributed by atoms with van der Waals surface area (Å²) in [6, 6.07) is 0. The summed E-state index contributed by atoms with van der Waals surface area (Å²) in [6.07, 6.45) is 1.03. The summed E-state index contributed by atoms with van der Waals surface area (Å²) in [5, 5.41) is 0. The zero-order valence-electron chi connectivity index (χ0n) is 11.2. The molecule has 2 N–H and O–H groups in total. The number of piperazine rings is 1. The zero-order valence-corrected chi connectivity index (χ0v) is 11.2. The maximum absolute atomic E-state index is 12.1. The standard InChI is InChI=1S/C12H25N3O2/c1-12(2,17-3)11(16)15-9-7-14(8-10-15)6-4-5-13/h4-10,13H2,1-3H3. The van der Waals surface area contributed by atoms with Gasteiger partial charge < -0.3 is 15.4 Å². The number of methoxy groups -OCH3 is 1. The molecule has 1 aliphatic heterocycles. The highest BCUT2D eigenvalue weighted by Crippen LogP contribution is 2.14. The Labute approximate surface area is 104 Å². The smallest absolute Gasteiger partial charge is 0.254 e. The molecule has 0 saturated carbocycles. The summed E-state index contributed by atoms with van der Waals surface area (Å²) in [5.41, 5.74) is 4.78. The van der Waals surface area contributed by atoms with E-state index >= 15 is 0 Å². The van der Waals surface area contributed by atoms with E-state index in [4.69, 9.17) is 10.5 Å². The van der Waals surface area contributed by atoms with Crippen molar-refractivity contribution in [2.24, 2.45) is 5.73 Å². The quantitative estimate of drug-likeness (QED) is 0.733. The van der Waals surface area contributed by atoms with Gasteiger partial charge >= 0.3 is 0 Å². The molecule has 17 heavy (non-hydrogen) atoms. The second-order valence-corrected chi connectivity index (χ2v) is 4.99. The topological polar surface area (TPSA) is 58.8 Å². The Morgan fingerprint density at radius 3 is 2.35 bits per heavy atom. The first-order valence-electron chi connectivity index (χ1n) is 6.28. The summed E-state index contributed by atoms with van der Waals surface area (Å²) >= 11 is 0. The van der Waals surface area contributed by atoms with Crippen LogP contribution in [0.4, 0.5) is 0 Å². The van der Waals surface area contributed by atoms with Crippen LogP contribution >= 0.6 is 0 Å². The van der Waals surface area contributed by atoms with Crippen LogP contribution < -0.4 is 5.73 Å². The molecule has 1 rings (SSSR count). The summed E-state index contributed by atoms with van der Waals surface area (Å²) in [6.45, 7) is 8.85. The SMILES string of the molecule is COC(C)(C)C(=O)N1CCN(CCCN)CC1. The number of hydrogen-bond donors (Lipinski definition) is 1. The molecule has 0 aromatic carbocycles. The first kappa shape index (κ1) is 14.4. The molecule has 1 saturated heterocycles. The number of nitrogens with zero attached hydrogens (tertiary/aromatic N) is 2. The van der Waals surface area contributed by atoms with E-state index in [1.54, 1.807) is 7.11 Å². The lowest BCUT2D eigenvalue weighted by molar-refractivity contribution is -0.152. The zero-order chi connectivity index (χ0) is 12.9. The predicted molar refractivity (Wildman–Crippen MR) is 67.8 cm³/mol. The Morgan fingerprint density at radius 2 is 1.88 bits per heavy atom. The van der Waals surface area contributed by atoms with E-state index in [0.29, 0.717) is 0 Å². The van der Waals surface area contributed by atoms with Crippen LogP contribution in [0.25, 0.3) is 0 Å². The van der Waals surface area contributed by atoms with Gasteiger partial charge in [0.1, 0.15) is 5.60 Å². The van der Waals surface area contributed by atoms with Crippen LogP contribution in [0, 0.1) is 0 Å². The number of carbonyl (C=O) groups is 1. The molecule has 1 amide bonds. The van der Waals surface area contributed by atoms with Gasteiger partial charge in [0.25, 0.3) is 5.91 Å². The Balaban J connectivity index is 2.39. The van der Waals surface area contributed by atoms with Gasteiger partial charge in [-0.1, -0.05) is 0 Å². The highest BCUT2D eigenvalue weighted by Gasteiger charge is 2.33. The third-order valence-corrected chi connectivity index (χ3v) is 3.36. The third-order valence-electron chi connectivity index (χ3n) is 3.36. The minimum atomic E-state index is -0.709. The fourth-order valence-corrected chi connectivity index (χ4v) is 1.96. The number of nitrogens with two attached hydrogens (primary N) is 1. The van der Waals surface area contributed by atoms with Gasteiger partial charge in [0.2, 0.25) is 0 Å². The van der Waals surface area contributed by atoms with Gasteiger partial charge in [-0.05, 0) is 33.4 Å². The van der Waals surface area contributed by atoms with Gasteiger partial charge in [-0.2, -0.15) is 0 Å². The molecule has 5 nitrogen and oxygen atoms in total. The Hall–Kier alpha value is -0.650. The molecule has 0 spiro atoms. The number of carbonyl (C=O) groups excluding carboxylic acids is 1. The highest BCUT2D eigenvalue weighted by atomic mass is 16.5. The minimum absolute atomic E-state index is 0.0819. The monoisotopic (exact) mass is 243 g/mol. The second-order valence-electron chi connectivity index (χ2n) is 4.99. The first-order valence-corrected chi connectivity index (χ1v) is 6.28. The van der Waals surface area contributed by atoms with Gasteiger partial charge in [-0.25, -0.2) is 0 Å². The fraction of sp³-hybridized carbons (Fsp3) is 0.917. The van der Waals surface area contributed by atoms with E-state index in [0.717, 1.165) is 45.7 Å². The molecule has 0 atom stereocenters. The van der Waals surface area contributed by atoms with Gasteiger partial charge in [-0.3, -0.25) is 9.69 Å². The number of hydrogen-bond acceptors (Lipinski definition) is 4. The van der Waals surface area contributed by atoms with Crippen LogP contribution in [0.5, 0.6) is 0 Å². The molecule has 0 radical (unpaired) electrons. The van der Waals surface area contributed by atoms with E-state index in [-0.39, 0.29) is 5.91 Å². The molecule has 1 fully saturated rings. The molecule has 1 heterocycles. The number of amides is 1. The van der Waals surface area contributed by atoms with E-state index in [2.05, 4.69) is 4.90 Å². The number of ether oxygens (including phenoxy) is 1. The van der Waals surface area contributed by atoms with Gasteiger partial charge in [-0.15, -0.1) is 0 Å². The van der Waals surface area contributed by atoms with Gasteiger partial charge in [0.15, 0.2) is 0 Å². The van der Waals surface area contributed by atoms with Crippen molar-refractivity contribution in [1.82, 2.24) is 9.80 Å². The van der Waals surface area contributed by atoms with E-state index < -0.39 is 5.60 Å². The summed E-state index contributed by atoms with van der Waals surface area (Å²) < 4.78 is 5.22. The molecule has 5 heteroatoms. The minimum Gasteiger partial charge on any atom is -0.369 e. The van der Waals surface area contributed by atoms with Gasteiger partial charge in [0, 0.05) is 33.3 Å². The van der Waals surface area contributed by atoms with Crippen molar-refractivity contribution in [3.8, 4) is 0 Å². The van der Waals surface area contributed by atoms with Crippen LogP contribution in [0.3, 0.4) is 0 Å². The van der Waals surface area contributed by atoms with Crippen molar-refractivity contribution in [2.45, 2.75) is 25.9 Å². The van der Waals surface area contributed by atoms with Crippen LogP contribution in [0.2, 0.25) is 0 Å². The normalized spacial score (nSPS) is 18.5. The fourth-order valence-electron chi connectivity index (χ4n) is 1.96. The largest absolute Gasteiger partial charge is 0.369 e. The second kappa shape index (κ2) is 6.33. The molecule has 0 aromatic heterocycles. The molecule has 1 aliphatic rings. The van der Waals surface area contributed by atoms with Crippen molar-refractivity contribution in [3.63, 3.8) is 0 Å². The lowest BCUT2D eigenvalue weighted by Crippen LogP contribution is -2.54. The van der Waals surface area contributed by atoms with Crippen molar-refractivity contribution < 1.29 is 9.53 Å². The molecular formula is C12H25N3O2. The third kappa shape index (κ3) is 3.94. The summed E-state index contributed by atoms with van der Waals surface area (Å²) in [5.74, 6) is 0.0819. The van der Waals surface area contributed by atoms with Crippen molar-refractivity contribution in [3.05, 3.63) is 0 Å². The first-order chi connectivity index (χ1) is 8.01. The molecule has 0 bridgehead atoms. The van der Waals surface area contributed by atoms with Crippen molar-refractivity contribution >= 4 is 5.91 Å². The van der Waals surface area contributed by atoms with Gasteiger partial charge in [0.05, 0.1) is 0 Å². The molecule has 0 aliphatic carbocycles. The molecule has 0 aromatic rings. The van der Waals surface area contributed by atoms with Crippen LogP contribution in [-0.4, -0.2) is 67.7 Å².